The summed E-state index contributed by atoms with van der Waals surface area (Å²) in [5.41, 5.74) is 1.95. The maximum atomic E-state index is 11.1. The lowest BCUT2D eigenvalue weighted by Gasteiger charge is -1.92. The van der Waals surface area contributed by atoms with Gasteiger partial charge in [-0.25, -0.2) is 4.98 Å². The average Bonchev–Trinajstić information content (AvgIpc) is 2.55. The van der Waals surface area contributed by atoms with E-state index < -0.39 is 5.78 Å². The molecule has 2 aromatic rings. The third kappa shape index (κ3) is 1.31. The van der Waals surface area contributed by atoms with Gasteiger partial charge < -0.3 is 4.98 Å². The fraction of sp³-hybridized carbons (Fsp3) is 0.100. The van der Waals surface area contributed by atoms with Crippen molar-refractivity contribution < 1.29 is 9.59 Å². The first-order valence-corrected chi connectivity index (χ1v) is 4.16. The van der Waals surface area contributed by atoms with Crippen LogP contribution in [-0.4, -0.2) is 22.0 Å². The highest BCUT2D eigenvalue weighted by Crippen LogP contribution is 2.13. The molecule has 0 unspecified atom stereocenters. The van der Waals surface area contributed by atoms with E-state index in [4.69, 9.17) is 0 Å². The Kier molecular flexibility index (Phi) is 1.89. The lowest BCUT2D eigenvalue weighted by molar-refractivity contribution is -0.104. The number of hydrogen-bond acceptors (Lipinski definition) is 3. The molecule has 1 aromatic carbocycles. The van der Waals surface area contributed by atoms with Gasteiger partial charge in [-0.1, -0.05) is 0 Å². The molecule has 0 bridgehead atoms. The van der Waals surface area contributed by atoms with Crippen LogP contribution < -0.4 is 0 Å². The second-order valence-electron chi connectivity index (χ2n) is 3.04. The summed E-state index contributed by atoms with van der Waals surface area (Å²) in [4.78, 5) is 28.5. The average molecular weight is 188 g/mol. The van der Waals surface area contributed by atoms with Gasteiger partial charge in [0, 0.05) is 5.56 Å². The third-order valence-corrected chi connectivity index (χ3v) is 1.99. The van der Waals surface area contributed by atoms with Crippen molar-refractivity contribution in [1.29, 1.82) is 0 Å². The molecule has 0 radical (unpaired) electrons. The number of nitrogens with zero attached hydrogens (tertiary/aromatic N) is 1. The Labute approximate surface area is 80.0 Å². The summed E-state index contributed by atoms with van der Waals surface area (Å²) in [5, 5.41) is 0. The molecule has 2 rings (SSSR count). The summed E-state index contributed by atoms with van der Waals surface area (Å²) in [6.07, 6.45) is 0.310. The highest BCUT2D eigenvalue weighted by atomic mass is 16.2. The number of benzene rings is 1. The monoisotopic (exact) mass is 188 g/mol. The number of aldehydes is 1. The Morgan fingerprint density at radius 2 is 2.29 bits per heavy atom. The fourth-order valence-corrected chi connectivity index (χ4v) is 1.36. The van der Waals surface area contributed by atoms with Crippen LogP contribution in [-0.2, 0) is 4.79 Å². The van der Waals surface area contributed by atoms with Crippen LogP contribution in [0.5, 0.6) is 0 Å². The first-order chi connectivity index (χ1) is 6.70. The van der Waals surface area contributed by atoms with E-state index in [1.54, 1.807) is 18.2 Å². The number of aromatic amines is 1. The van der Waals surface area contributed by atoms with Crippen molar-refractivity contribution in [2.75, 3.05) is 0 Å². The van der Waals surface area contributed by atoms with Gasteiger partial charge in [-0.3, -0.25) is 9.59 Å². The number of aryl methyl sites for hydroxylation is 1. The number of nitrogens with one attached hydrogen (secondary N) is 1. The molecule has 4 heteroatoms. The minimum absolute atomic E-state index is 0.310. The number of carbonyl (C=O) groups excluding carboxylic acids is 2. The van der Waals surface area contributed by atoms with Gasteiger partial charge in [0.05, 0.1) is 11.0 Å². The minimum atomic E-state index is -0.515. The van der Waals surface area contributed by atoms with Crippen LogP contribution in [0.15, 0.2) is 18.2 Å². The second kappa shape index (κ2) is 3.06. The van der Waals surface area contributed by atoms with Crippen molar-refractivity contribution in [1.82, 2.24) is 9.97 Å². The number of hydrogen-bond donors (Lipinski definition) is 1. The lowest BCUT2D eigenvalue weighted by Crippen LogP contribution is -1.98. The van der Waals surface area contributed by atoms with E-state index in [0.717, 1.165) is 16.9 Å². The maximum absolute atomic E-state index is 11.1. The summed E-state index contributed by atoms with van der Waals surface area (Å²) in [7, 11) is 0. The summed E-state index contributed by atoms with van der Waals surface area (Å²) in [6, 6.07) is 4.95. The van der Waals surface area contributed by atoms with E-state index in [9.17, 15) is 9.59 Å². The molecule has 1 aromatic heterocycles. The Balaban J connectivity index is 2.61. The van der Waals surface area contributed by atoms with E-state index >= 15 is 0 Å². The van der Waals surface area contributed by atoms with Crippen LogP contribution in [0.25, 0.3) is 11.0 Å². The molecule has 0 spiro atoms. The zero-order valence-electron chi connectivity index (χ0n) is 7.57. The number of fused-ring (bicyclic) bond motifs is 1. The predicted octanol–water partition coefficient (Wildman–Crippen LogP) is 1.25. The van der Waals surface area contributed by atoms with Gasteiger partial charge in [0.15, 0.2) is 6.29 Å². The highest BCUT2D eigenvalue weighted by molar-refractivity contribution is 6.33. The summed E-state index contributed by atoms with van der Waals surface area (Å²) in [6.45, 7) is 1.83. The Morgan fingerprint density at radius 1 is 1.50 bits per heavy atom. The summed E-state index contributed by atoms with van der Waals surface area (Å²) in [5.74, 6) is 0.273. The van der Waals surface area contributed by atoms with E-state index in [1.807, 2.05) is 6.92 Å². The van der Waals surface area contributed by atoms with E-state index in [0.29, 0.717) is 11.8 Å². The molecule has 1 heterocycles. The summed E-state index contributed by atoms with van der Waals surface area (Å²) >= 11 is 0. The van der Waals surface area contributed by atoms with E-state index in [-0.39, 0.29) is 0 Å². The topological polar surface area (TPSA) is 62.8 Å². The second-order valence-corrected chi connectivity index (χ2v) is 3.04. The van der Waals surface area contributed by atoms with Crippen molar-refractivity contribution >= 4 is 23.1 Å². The molecule has 0 aliphatic heterocycles. The van der Waals surface area contributed by atoms with Crippen molar-refractivity contribution in [3.05, 3.63) is 29.6 Å². The van der Waals surface area contributed by atoms with Gasteiger partial charge in [-0.15, -0.1) is 0 Å². The number of carbonyl (C=O) groups is 2. The van der Waals surface area contributed by atoms with Crippen molar-refractivity contribution in [3.63, 3.8) is 0 Å². The number of H-pyrrole nitrogens is 1. The molecular weight excluding hydrogens is 180 g/mol. The zero-order valence-corrected chi connectivity index (χ0v) is 7.57. The van der Waals surface area contributed by atoms with Crippen LogP contribution in [0.1, 0.15) is 16.2 Å². The SMILES string of the molecule is Cc1nc2ccc(C(=O)C=O)cc2[nH]1. The van der Waals surface area contributed by atoms with E-state index in [2.05, 4.69) is 9.97 Å². The van der Waals surface area contributed by atoms with Gasteiger partial charge in [0.25, 0.3) is 0 Å². The maximum Gasteiger partial charge on any atom is 0.225 e. The highest BCUT2D eigenvalue weighted by Gasteiger charge is 2.06. The Morgan fingerprint density at radius 3 is 3.00 bits per heavy atom. The normalized spacial score (nSPS) is 10.4. The largest absolute Gasteiger partial charge is 0.342 e. The number of rotatable bonds is 2. The molecular formula is C10H8N2O2. The van der Waals surface area contributed by atoms with Crippen LogP contribution in [0.2, 0.25) is 0 Å². The molecule has 0 fully saturated rings. The van der Waals surface area contributed by atoms with Crippen molar-refractivity contribution in [2.45, 2.75) is 6.92 Å². The van der Waals surface area contributed by atoms with Crippen LogP contribution in [0.3, 0.4) is 0 Å². The van der Waals surface area contributed by atoms with Gasteiger partial charge in [0.1, 0.15) is 5.82 Å². The molecule has 1 N–H and O–H groups in total. The van der Waals surface area contributed by atoms with Gasteiger partial charge >= 0.3 is 0 Å². The molecule has 0 aliphatic rings. The number of ketones is 1. The Hall–Kier alpha value is -1.97. The van der Waals surface area contributed by atoms with Crippen molar-refractivity contribution in [2.24, 2.45) is 0 Å². The predicted molar refractivity (Wildman–Crippen MR) is 51.2 cm³/mol. The first-order valence-electron chi connectivity index (χ1n) is 4.16. The number of aromatic nitrogens is 2. The first kappa shape index (κ1) is 8.62. The van der Waals surface area contributed by atoms with Crippen LogP contribution in [0, 0.1) is 6.92 Å². The molecule has 0 saturated heterocycles. The quantitative estimate of drug-likeness (QED) is 0.438. The lowest BCUT2D eigenvalue weighted by atomic mass is 10.1. The van der Waals surface area contributed by atoms with Gasteiger partial charge in [-0.05, 0) is 25.1 Å². The van der Waals surface area contributed by atoms with Gasteiger partial charge in [0.2, 0.25) is 5.78 Å². The van der Waals surface area contributed by atoms with Crippen LogP contribution in [0.4, 0.5) is 0 Å². The molecule has 0 atom stereocenters. The smallest absolute Gasteiger partial charge is 0.225 e. The molecule has 70 valence electrons. The van der Waals surface area contributed by atoms with Gasteiger partial charge in [-0.2, -0.15) is 0 Å². The molecule has 0 aliphatic carbocycles. The summed E-state index contributed by atoms with van der Waals surface area (Å²) < 4.78 is 0. The molecule has 14 heavy (non-hydrogen) atoms. The standard InChI is InChI=1S/C10H8N2O2/c1-6-11-8-3-2-7(10(14)5-13)4-9(8)12-6/h2-5H,1H3,(H,11,12). The minimum Gasteiger partial charge on any atom is -0.342 e. The third-order valence-electron chi connectivity index (χ3n) is 1.99. The number of Topliss-reactive ketones (excluding diaryl/α,β-unsaturated/α-hetero) is 1. The number of imidazole rings is 1. The fourth-order valence-electron chi connectivity index (χ4n) is 1.36. The molecule has 0 amide bonds. The molecule has 0 saturated carbocycles. The van der Waals surface area contributed by atoms with Crippen LogP contribution >= 0.6 is 0 Å². The zero-order chi connectivity index (χ0) is 10.1. The van der Waals surface area contributed by atoms with E-state index in [1.165, 1.54) is 0 Å². The Bertz CT molecular complexity index is 514. The van der Waals surface area contributed by atoms with Crippen molar-refractivity contribution in [3.8, 4) is 0 Å². The molecule has 4 nitrogen and oxygen atoms in total.